The largest absolute Gasteiger partial charge is 0.497 e. The summed E-state index contributed by atoms with van der Waals surface area (Å²) in [4.78, 5) is 19.3. The average molecular weight is 513 g/mol. The maximum atomic E-state index is 13.8. The molecule has 1 aromatic heterocycles. The molecule has 8 heteroatoms. The SMILES string of the molecule is COc1ccc2nccc(C(O)CC[C@@H]3CCN(CCCSc4ccccc4F)C[C@@H]3C(=O)O)c2c1. The number of hydrogen-bond acceptors (Lipinski definition) is 6. The van der Waals surface area contributed by atoms with Gasteiger partial charge in [-0.15, -0.1) is 11.8 Å². The van der Waals surface area contributed by atoms with Crippen LogP contribution in [-0.2, 0) is 4.79 Å². The van der Waals surface area contributed by atoms with Crippen LogP contribution in [0, 0.1) is 17.7 Å². The summed E-state index contributed by atoms with van der Waals surface area (Å²) in [5.74, 6) is 0.0716. The number of carboxylic acids is 1. The highest BCUT2D eigenvalue weighted by Crippen LogP contribution is 2.34. The molecule has 192 valence electrons. The van der Waals surface area contributed by atoms with Crippen LogP contribution in [0.15, 0.2) is 59.6 Å². The van der Waals surface area contributed by atoms with Crippen molar-refractivity contribution >= 4 is 28.6 Å². The number of fused-ring (bicyclic) bond motifs is 1. The standard InChI is InChI=1S/C28H33FN2O4S/c1-35-20-8-9-25-22(17-20)21(11-13-30-25)26(32)10-7-19-12-15-31(18-23(19)28(33)34)14-4-16-36-27-6-3-2-5-24(27)29/h2-3,5-6,8-9,11,13,17,19,23,26,32H,4,7,10,12,14-16,18H2,1H3,(H,33,34)/t19-,23+,26?/m1/s1. The molecule has 2 heterocycles. The van der Waals surface area contributed by atoms with Crippen molar-refractivity contribution in [2.24, 2.45) is 11.8 Å². The number of likely N-dealkylation sites (tertiary alicyclic amines) is 1. The highest BCUT2D eigenvalue weighted by molar-refractivity contribution is 7.99. The fraction of sp³-hybridized carbons (Fsp3) is 0.429. The van der Waals surface area contributed by atoms with Gasteiger partial charge in [-0.05, 0) is 92.4 Å². The van der Waals surface area contributed by atoms with E-state index < -0.39 is 18.0 Å². The molecule has 1 aliphatic rings. The Balaban J connectivity index is 1.30. The van der Waals surface area contributed by atoms with Crippen LogP contribution in [0.3, 0.4) is 0 Å². The highest BCUT2D eigenvalue weighted by Gasteiger charge is 2.34. The van der Waals surface area contributed by atoms with Gasteiger partial charge in [0.2, 0.25) is 0 Å². The van der Waals surface area contributed by atoms with Gasteiger partial charge in [0.25, 0.3) is 0 Å². The summed E-state index contributed by atoms with van der Waals surface area (Å²) >= 11 is 1.50. The topological polar surface area (TPSA) is 82.9 Å². The van der Waals surface area contributed by atoms with Crippen molar-refractivity contribution < 1.29 is 24.1 Å². The van der Waals surface area contributed by atoms with Crippen LogP contribution in [0.4, 0.5) is 4.39 Å². The zero-order valence-electron chi connectivity index (χ0n) is 20.5. The minimum absolute atomic E-state index is 0.0174. The van der Waals surface area contributed by atoms with Crippen molar-refractivity contribution in [1.29, 1.82) is 0 Å². The number of methoxy groups -OCH3 is 1. The van der Waals surface area contributed by atoms with Crippen molar-refractivity contribution in [2.45, 2.75) is 36.7 Å². The molecule has 1 unspecified atom stereocenters. The number of carboxylic acid groups (broad SMARTS) is 1. The molecule has 2 N–H and O–H groups in total. The first kappa shape index (κ1) is 26.4. The Morgan fingerprint density at radius 1 is 1.28 bits per heavy atom. The van der Waals surface area contributed by atoms with E-state index in [1.165, 1.54) is 17.8 Å². The molecule has 36 heavy (non-hydrogen) atoms. The number of benzene rings is 2. The number of piperidine rings is 1. The predicted octanol–water partition coefficient (Wildman–Crippen LogP) is 5.40. The lowest BCUT2D eigenvalue weighted by Crippen LogP contribution is -2.44. The molecule has 0 amide bonds. The second-order valence-electron chi connectivity index (χ2n) is 9.30. The number of thioether (sulfide) groups is 1. The quantitative estimate of drug-likeness (QED) is 0.263. The van der Waals surface area contributed by atoms with E-state index in [0.717, 1.165) is 48.2 Å². The van der Waals surface area contributed by atoms with Gasteiger partial charge in [-0.2, -0.15) is 0 Å². The van der Waals surface area contributed by atoms with Crippen LogP contribution in [0.25, 0.3) is 10.9 Å². The molecule has 0 spiro atoms. The van der Waals surface area contributed by atoms with Gasteiger partial charge in [-0.3, -0.25) is 9.78 Å². The van der Waals surface area contributed by atoms with E-state index in [4.69, 9.17) is 4.74 Å². The first-order chi connectivity index (χ1) is 17.5. The van der Waals surface area contributed by atoms with Crippen molar-refractivity contribution in [3.8, 4) is 5.75 Å². The lowest BCUT2D eigenvalue weighted by atomic mass is 9.81. The summed E-state index contributed by atoms with van der Waals surface area (Å²) in [5, 5.41) is 21.7. The Bertz CT molecular complexity index is 1180. The number of aromatic nitrogens is 1. The van der Waals surface area contributed by atoms with Gasteiger partial charge in [0.05, 0.1) is 24.6 Å². The highest BCUT2D eigenvalue weighted by atomic mass is 32.2. The monoisotopic (exact) mass is 512 g/mol. The number of aliphatic carboxylic acids is 1. The Morgan fingerprint density at radius 3 is 2.89 bits per heavy atom. The van der Waals surface area contributed by atoms with Gasteiger partial charge in [-0.1, -0.05) is 12.1 Å². The number of rotatable bonds is 11. The van der Waals surface area contributed by atoms with E-state index >= 15 is 0 Å². The summed E-state index contributed by atoms with van der Waals surface area (Å²) in [6, 6.07) is 14.2. The molecule has 6 nitrogen and oxygen atoms in total. The number of carbonyl (C=O) groups is 1. The number of pyridine rings is 1. The van der Waals surface area contributed by atoms with E-state index in [0.29, 0.717) is 30.0 Å². The van der Waals surface area contributed by atoms with Gasteiger partial charge >= 0.3 is 5.97 Å². The minimum Gasteiger partial charge on any atom is -0.497 e. The smallest absolute Gasteiger partial charge is 0.308 e. The molecule has 3 aromatic rings. The molecule has 0 saturated carbocycles. The zero-order valence-corrected chi connectivity index (χ0v) is 21.3. The average Bonchev–Trinajstić information content (AvgIpc) is 2.90. The molecule has 0 bridgehead atoms. The Morgan fingerprint density at radius 2 is 2.11 bits per heavy atom. The summed E-state index contributed by atoms with van der Waals surface area (Å²) in [6.45, 7) is 2.14. The lowest BCUT2D eigenvalue weighted by Gasteiger charge is -2.37. The molecular weight excluding hydrogens is 479 g/mol. The summed E-state index contributed by atoms with van der Waals surface area (Å²) in [6.07, 6.45) is 3.77. The van der Waals surface area contributed by atoms with E-state index in [1.807, 2.05) is 30.3 Å². The second-order valence-corrected chi connectivity index (χ2v) is 10.4. The maximum absolute atomic E-state index is 13.8. The van der Waals surface area contributed by atoms with E-state index in [2.05, 4.69) is 9.88 Å². The first-order valence-electron chi connectivity index (χ1n) is 12.4. The number of hydrogen-bond donors (Lipinski definition) is 2. The Labute approximate surface area is 215 Å². The molecule has 4 rings (SSSR count). The van der Waals surface area contributed by atoms with Crippen molar-refractivity contribution in [2.75, 3.05) is 32.5 Å². The third kappa shape index (κ3) is 6.55. The van der Waals surface area contributed by atoms with Gasteiger partial charge < -0.3 is 19.8 Å². The van der Waals surface area contributed by atoms with Gasteiger partial charge in [-0.25, -0.2) is 4.39 Å². The summed E-state index contributed by atoms with van der Waals surface area (Å²) < 4.78 is 19.1. The van der Waals surface area contributed by atoms with Crippen LogP contribution >= 0.6 is 11.8 Å². The van der Waals surface area contributed by atoms with Crippen LogP contribution in [-0.4, -0.2) is 58.6 Å². The number of halogens is 1. The molecule has 2 aromatic carbocycles. The van der Waals surface area contributed by atoms with Crippen molar-refractivity contribution in [3.05, 3.63) is 66.1 Å². The van der Waals surface area contributed by atoms with Crippen LogP contribution in [0.5, 0.6) is 5.75 Å². The number of aliphatic hydroxyl groups excluding tert-OH is 1. The summed E-state index contributed by atoms with van der Waals surface area (Å²) in [5.41, 5.74) is 1.58. The van der Waals surface area contributed by atoms with Gasteiger partial charge in [0, 0.05) is 23.0 Å². The first-order valence-corrected chi connectivity index (χ1v) is 13.4. The van der Waals surface area contributed by atoms with Crippen LogP contribution in [0.1, 0.15) is 37.4 Å². The maximum Gasteiger partial charge on any atom is 0.308 e. The third-order valence-corrected chi connectivity index (χ3v) is 8.16. The van der Waals surface area contributed by atoms with Crippen molar-refractivity contribution in [1.82, 2.24) is 9.88 Å². The Hall–Kier alpha value is -2.68. The predicted molar refractivity (Wildman–Crippen MR) is 140 cm³/mol. The normalized spacial score (nSPS) is 19.3. The molecule has 1 fully saturated rings. The summed E-state index contributed by atoms with van der Waals surface area (Å²) in [7, 11) is 1.61. The minimum atomic E-state index is -0.779. The van der Waals surface area contributed by atoms with Crippen LogP contribution in [0.2, 0.25) is 0 Å². The number of nitrogens with zero attached hydrogens (tertiary/aromatic N) is 2. The van der Waals surface area contributed by atoms with Gasteiger partial charge in [0.1, 0.15) is 11.6 Å². The van der Waals surface area contributed by atoms with E-state index in [1.54, 1.807) is 25.4 Å². The molecule has 1 saturated heterocycles. The van der Waals surface area contributed by atoms with Gasteiger partial charge in [0.15, 0.2) is 0 Å². The van der Waals surface area contributed by atoms with E-state index in [9.17, 15) is 19.4 Å². The lowest BCUT2D eigenvalue weighted by molar-refractivity contribution is -0.146. The molecule has 3 atom stereocenters. The second kappa shape index (κ2) is 12.5. The molecule has 1 aliphatic heterocycles. The number of ether oxygens (including phenoxy) is 1. The fourth-order valence-electron chi connectivity index (χ4n) is 5.02. The third-order valence-electron chi connectivity index (χ3n) is 7.02. The molecule has 0 aliphatic carbocycles. The van der Waals surface area contributed by atoms with E-state index in [-0.39, 0.29) is 11.7 Å². The van der Waals surface area contributed by atoms with Crippen LogP contribution < -0.4 is 4.74 Å². The molecular formula is C28H33FN2O4S. The fourth-order valence-corrected chi connectivity index (χ4v) is 5.89. The zero-order chi connectivity index (χ0) is 25.5. The number of aliphatic hydroxyl groups is 1. The van der Waals surface area contributed by atoms with Crippen molar-refractivity contribution in [3.63, 3.8) is 0 Å². The molecule has 0 radical (unpaired) electrons. The Kier molecular flexibility index (Phi) is 9.18.